The average molecular weight is 228 g/mol. The number of nitrogens with one attached hydrogen (secondary N) is 1. The van der Waals surface area contributed by atoms with E-state index in [1.165, 1.54) is 57.6 Å². The molecule has 1 atom stereocenters. The van der Waals surface area contributed by atoms with Gasteiger partial charge in [-0.3, -0.25) is 0 Å². The minimum Gasteiger partial charge on any atom is -0.314 e. The number of nitrogens with zero attached hydrogens (tertiary/aromatic N) is 1. The quantitative estimate of drug-likeness (QED) is 0.700. The molecule has 0 amide bonds. The van der Waals surface area contributed by atoms with Crippen LogP contribution >= 0.6 is 11.8 Å². The van der Waals surface area contributed by atoms with Gasteiger partial charge in [-0.05, 0) is 38.8 Å². The summed E-state index contributed by atoms with van der Waals surface area (Å²) in [5, 5.41) is 4.43. The molecule has 0 radical (unpaired) electrons. The smallest absolute Gasteiger partial charge is 0.0147 e. The molecule has 1 saturated carbocycles. The molecule has 2 rings (SSSR count). The number of thioether (sulfide) groups is 1. The first-order valence-electron chi connectivity index (χ1n) is 6.42. The molecule has 88 valence electrons. The summed E-state index contributed by atoms with van der Waals surface area (Å²) in [6.07, 6.45) is 5.56. The average Bonchev–Trinajstić information content (AvgIpc) is 3.01. The Labute approximate surface area is 98.2 Å². The van der Waals surface area contributed by atoms with Gasteiger partial charge in [0, 0.05) is 30.1 Å². The molecule has 0 aromatic carbocycles. The highest BCUT2D eigenvalue weighted by molar-refractivity contribution is 7.99. The molecule has 2 fully saturated rings. The monoisotopic (exact) mass is 228 g/mol. The van der Waals surface area contributed by atoms with E-state index in [9.17, 15) is 0 Å². The third-order valence-corrected chi connectivity index (χ3v) is 4.37. The van der Waals surface area contributed by atoms with Crippen molar-refractivity contribution in [3.8, 4) is 0 Å². The van der Waals surface area contributed by atoms with Crippen molar-refractivity contribution in [1.82, 2.24) is 10.2 Å². The molecule has 1 heterocycles. The predicted molar refractivity (Wildman–Crippen MR) is 68.6 cm³/mol. The van der Waals surface area contributed by atoms with Gasteiger partial charge < -0.3 is 10.2 Å². The van der Waals surface area contributed by atoms with Crippen LogP contribution < -0.4 is 5.32 Å². The lowest BCUT2D eigenvalue weighted by molar-refractivity contribution is 0.280. The first-order chi connectivity index (χ1) is 7.34. The maximum absolute atomic E-state index is 3.58. The molecule has 1 aliphatic carbocycles. The minimum atomic E-state index is 0.850. The van der Waals surface area contributed by atoms with Crippen LogP contribution in [0, 0.1) is 0 Å². The van der Waals surface area contributed by atoms with Crippen molar-refractivity contribution in [2.75, 3.05) is 31.9 Å². The molecule has 0 bridgehead atoms. The summed E-state index contributed by atoms with van der Waals surface area (Å²) in [6, 6.07) is 0.886. The third-order valence-electron chi connectivity index (χ3n) is 3.24. The van der Waals surface area contributed by atoms with Gasteiger partial charge in [0.1, 0.15) is 0 Å². The fraction of sp³-hybridized carbons (Fsp3) is 1.00. The van der Waals surface area contributed by atoms with Gasteiger partial charge in [-0.1, -0.05) is 6.92 Å². The highest BCUT2D eigenvalue weighted by Gasteiger charge is 2.19. The van der Waals surface area contributed by atoms with Crippen LogP contribution in [0.2, 0.25) is 0 Å². The lowest BCUT2D eigenvalue weighted by Gasteiger charge is -2.30. The summed E-state index contributed by atoms with van der Waals surface area (Å²) in [5.41, 5.74) is 0. The molecule has 1 unspecified atom stereocenters. The van der Waals surface area contributed by atoms with Crippen LogP contribution in [0.1, 0.15) is 32.6 Å². The van der Waals surface area contributed by atoms with E-state index in [4.69, 9.17) is 0 Å². The molecule has 0 aromatic rings. The highest BCUT2D eigenvalue weighted by atomic mass is 32.2. The molecule has 2 nitrogen and oxygen atoms in total. The summed E-state index contributed by atoms with van der Waals surface area (Å²) in [5.74, 6) is 1.33. The molecule has 1 N–H and O–H groups in total. The zero-order valence-corrected chi connectivity index (χ0v) is 10.7. The van der Waals surface area contributed by atoms with Gasteiger partial charge in [-0.25, -0.2) is 0 Å². The number of hydrogen-bond acceptors (Lipinski definition) is 3. The van der Waals surface area contributed by atoms with E-state index in [0.717, 1.165) is 11.3 Å². The van der Waals surface area contributed by atoms with Crippen LogP contribution in [0.15, 0.2) is 0 Å². The van der Waals surface area contributed by atoms with Crippen molar-refractivity contribution in [2.45, 2.75) is 43.9 Å². The van der Waals surface area contributed by atoms with Crippen LogP contribution in [-0.4, -0.2) is 48.1 Å². The summed E-state index contributed by atoms with van der Waals surface area (Å²) < 4.78 is 0. The Morgan fingerprint density at radius 2 is 2.20 bits per heavy atom. The Hall–Kier alpha value is 0.270. The Bertz CT molecular complexity index is 182. The number of hydrogen-bond donors (Lipinski definition) is 1. The van der Waals surface area contributed by atoms with Gasteiger partial charge in [-0.2, -0.15) is 11.8 Å². The maximum Gasteiger partial charge on any atom is 0.0147 e. The molecule has 1 aliphatic heterocycles. The topological polar surface area (TPSA) is 15.3 Å². The van der Waals surface area contributed by atoms with Gasteiger partial charge >= 0.3 is 0 Å². The molecule has 0 aromatic heterocycles. The Morgan fingerprint density at radius 1 is 1.33 bits per heavy atom. The van der Waals surface area contributed by atoms with Crippen molar-refractivity contribution in [1.29, 1.82) is 0 Å². The second-order valence-corrected chi connectivity index (χ2v) is 6.46. The number of rotatable bonds is 6. The summed E-state index contributed by atoms with van der Waals surface area (Å²) >= 11 is 2.12. The van der Waals surface area contributed by atoms with E-state index in [1.54, 1.807) is 0 Å². The molecule has 0 spiro atoms. The maximum atomic E-state index is 3.58. The fourth-order valence-electron chi connectivity index (χ4n) is 2.15. The Morgan fingerprint density at radius 3 is 2.93 bits per heavy atom. The van der Waals surface area contributed by atoms with Crippen molar-refractivity contribution >= 4 is 11.8 Å². The van der Waals surface area contributed by atoms with Crippen molar-refractivity contribution < 1.29 is 0 Å². The van der Waals surface area contributed by atoms with Gasteiger partial charge in [-0.15, -0.1) is 0 Å². The second kappa shape index (κ2) is 6.12. The zero-order chi connectivity index (χ0) is 10.5. The standard InChI is InChI=1S/C12H24N2S/c1-11-10-14(8-9-15-11)7-3-2-6-13-12-4-5-12/h11-13H,2-10H2,1H3. The van der Waals surface area contributed by atoms with E-state index < -0.39 is 0 Å². The number of unbranched alkanes of at least 4 members (excludes halogenated alkanes) is 1. The summed E-state index contributed by atoms with van der Waals surface area (Å²) in [4.78, 5) is 2.64. The Kier molecular flexibility index (Phi) is 4.79. The fourth-order valence-corrected chi connectivity index (χ4v) is 3.23. The lowest BCUT2D eigenvalue weighted by atomic mass is 10.2. The lowest BCUT2D eigenvalue weighted by Crippen LogP contribution is -2.37. The van der Waals surface area contributed by atoms with Crippen LogP contribution in [0.5, 0.6) is 0 Å². The minimum absolute atomic E-state index is 0.850. The van der Waals surface area contributed by atoms with E-state index in [0.29, 0.717) is 0 Å². The third kappa shape index (κ3) is 4.75. The van der Waals surface area contributed by atoms with Crippen LogP contribution in [0.3, 0.4) is 0 Å². The van der Waals surface area contributed by atoms with Gasteiger partial charge in [0.15, 0.2) is 0 Å². The van der Waals surface area contributed by atoms with Gasteiger partial charge in [0.2, 0.25) is 0 Å². The van der Waals surface area contributed by atoms with Crippen LogP contribution in [0.25, 0.3) is 0 Å². The van der Waals surface area contributed by atoms with Crippen LogP contribution in [-0.2, 0) is 0 Å². The molecule has 15 heavy (non-hydrogen) atoms. The van der Waals surface area contributed by atoms with Crippen molar-refractivity contribution in [3.63, 3.8) is 0 Å². The molecular weight excluding hydrogens is 204 g/mol. The SMILES string of the molecule is CC1CN(CCCCNC2CC2)CCS1. The van der Waals surface area contributed by atoms with Crippen molar-refractivity contribution in [2.24, 2.45) is 0 Å². The van der Waals surface area contributed by atoms with Crippen molar-refractivity contribution in [3.05, 3.63) is 0 Å². The van der Waals surface area contributed by atoms with E-state index in [1.807, 2.05) is 0 Å². The zero-order valence-electron chi connectivity index (χ0n) is 9.87. The van der Waals surface area contributed by atoms with E-state index >= 15 is 0 Å². The largest absolute Gasteiger partial charge is 0.314 e. The first-order valence-corrected chi connectivity index (χ1v) is 7.47. The van der Waals surface area contributed by atoms with Gasteiger partial charge in [0.25, 0.3) is 0 Å². The Balaban J connectivity index is 1.45. The molecule has 3 heteroatoms. The normalized spacial score (nSPS) is 28.2. The molecule has 2 aliphatic rings. The molecular formula is C12H24N2S. The van der Waals surface area contributed by atoms with Gasteiger partial charge in [0.05, 0.1) is 0 Å². The summed E-state index contributed by atoms with van der Waals surface area (Å²) in [7, 11) is 0. The van der Waals surface area contributed by atoms with E-state index in [2.05, 4.69) is 28.9 Å². The second-order valence-electron chi connectivity index (χ2n) is 4.92. The van der Waals surface area contributed by atoms with Crippen LogP contribution in [0.4, 0.5) is 0 Å². The predicted octanol–water partition coefficient (Wildman–Crippen LogP) is 1.96. The van der Waals surface area contributed by atoms with E-state index in [-0.39, 0.29) is 0 Å². The molecule has 1 saturated heterocycles. The first kappa shape index (κ1) is 11.7. The highest BCUT2D eigenvalue weighted by Crippen LogP contribution is 2.19. The summed E-state index contributed by atoms with van der Waals surface area (Å²) in [6.45, 7) is 7.53.